The average molecular weight is 244 g/mol. The largest absolute Gasteiger partial charge is 0.334 e. The standard InChI is InChI=1S/C13H16N4O/c1-2-11(9-14-6-1)13-16-12(17-18-13)4-3-10-5-7-15-8-10/h1-2,6,9-10,15H,3-5,7-8H2. The Bertz CT molecular complexity index is 491. The van der Waals surface area contributed by atoms with Crippen LogP contribution in [0.25, 0.3) is 11.5 Å². The van der Waals surface area contributed by atoms with E-state index in [9.17, 15) is 0 Å². The van der Waals surface area contributed by atoms with Gasteiger partial charge in [-0.05, 0) is 44.0 Å². The lowest BCUT2D eigenvalue weighted by molar-refractivity contribution is 0.417. The highest BCUT2D eigenvalue weighted by molar-refractivity contribution is 5.50. The molecular formula is C13H16N4O. The number of hydrogen-bond donors (Lipinski definition) is 1. The maximum Gasteiger partial charge on any atom is 0.259 e. The van der Waals surface area contributed by atoms with Gasteiger partial charge in [-0.25, -0.2) is 0 Å². The zero-order chi connectivity index (χ0) is 12.2. The first-order valence-corrected chi connectivity index (χ1v) is 6.35. The van der Waals surface area contributed by atoms with Crippen LogP contribution in [0.15, 0.2) is 29.0 Å². The lowest BCUT2D eigenvalue weighted by Gasteiger charge is -2.04. The van der Waals surface area contributed by atoms with Crippen molar-refractivity contribution in [2.75, 3.05) is 13.1 Å². The first kappa shape index (κ1) is 11.3. The first-order chi connectivity index (χ1) is 8.92. The molecule has 1 fully saturated rings. The second-order valence-corrected chi connectivity index (χ2v) is 4.65. The van der Waals surface area contributed by atoms with Gasteiger partial charge in [0.2, 0.25) is 0 Å². The quantitative estimate of drug-likeness (QED) is 0.886. The van der Waals surface area contributed by atoms with Gasteiger partial charge in [0.25, 0.3) is 5.89 Å². The summed E-state index contributed by atoms with van der Waals surface area (Å²) in [5.74, 6) is 2.11. The van der Waals surface area contributed by atoms with Gasteiger partial charge in [-0.3, -0.25) is 4.98 Å². The molecule has 0 aromatic carbocycles. The van der Waals surface area contributed by atoms with Crippen LogP contribution in [0.1, 0.15) is 18.7 Å². The minimum Gasteiger partial charge on any atom is -0.334 e. The Balaban J connectivity index is 1.63. The number of rotatable bonds is 4. The smallest absolute Gasteiger partial charge is 0.259 e. The summed E-state index contributed by atoms with van der Waals surface area (Å²) >= 11 is 0. The molecule has 0 aliphatic carbocycles. The van der Waals surface area contributed by atoms with Crippen molar-refractivity contribution in [1.29, 1.82) is 0 Å². The van der Waals surface area contributed by atoms with E-state index in [1.165, 1.54) is 6.42 Å². The van der Waals surface area contributed by atoms with Gasteiger partial charge in [0.05, 0.1) is 5.56 Å². The molecule has 18 heavy (non-hydrogen) atoms. The van der Waals surface area contributed by atoms with Crippen molar-refractivity contribution in [1.82, 2.24) is 20.4 Å². The molecule has 0 bridgehead atoms. The molecule has 1 unspecified atom stereocenters. The van der Waals surface area contributed by atoms with E-state index in [4.69, 9.17) is 4.52 Å². The van der Waals surface area contributed by atoms with Gasteiger partial charge in [-0.15, -0.1) is 0 Å². The Hall–Kier alpha value is -1.75. The summed E-state index contributed by atoms with van der Waals surface area (Å²) in [6.07, 6.45) is 6.73. The highest BCUT2D eigenvalue weighted by atomic mass is 16.5. The summed E-state index contributed by atoms with van der Waals surface area (Å²) < 4.78 is 5.25. The molecule has 2 aromatic heterocycles. The molecule has 0 radical (unpaired) electrons. The predicted octanol–water partition coefficient (Wildman–Crippen LogP) is 1.67. The molecule has 0 saturated carbocycles. The van der Waals surface area contributed by atoms with Crippen molar-refractivity contribution < 1.29 is 4.52 Å². The maximum absolute atomic E-state index is 5.25. The molecule has 1 saturated heterocycles. The molecular weight excluding hydrogens is 228 g/mol. The third kappa shape index (κ3) is 2.56. The normalized spacial score (nSPS) is 19.2. The Morgan fingerprint density at radius 3 is 3.22 bits per heavy atom. The minimum absolute atomic E-state index is 0.558. The summed E-state index contributed by atoms with van der Waals surface area (Å²) in [5, 5.41) is 7.39. The van der Waals surface area contributed by atoms with Crippen LogP contribution in [0.5, 0.6) is 0 Å². The molecule has 3 heterocycles. The van der Waals surface area contributed by atoms with Gasteiger partial charge in [0.1, 0.15) is 0 Å². The molecule has 1 aliphatic heterocycles. The van der Waals surface area contributed by atoms with Crippen molar-refractivity contribution in [2.24, 2.45) is 5.92 Å². The molecule has 0 amide bonds. The second-order valence-electron chi connectivity index (χ2n) is 4.65. The first-order valence-electron chi connectivity index (χ1n) is 6.35. The predicted molar refractivity (Wildman–Crippen MR) is 66.8 cm³/mol. The third-order valence-corrected chi connectivity index (χ3v) is 3.32. The SMILES string of the molecule is c1cncc(-c2nc(CCC3CCNC3)no2)c1. The van der Waals surface area contributed by atoms with E-state index in [1.54, 1.807) is 12.4 Å². The number of nitrogens with one attached hydrogen (secondary N) is 1. The lowest BCUT2D eigenvalue weighted by atomic mass is 10.0. The third-order valence-electron chi connectivity index (χ3n) is 3.32. The molecule has 3 rings (SSSR count). The van der Waals surface area contributed by atoms with Crippen molar-refractivity contribution in [3.8, 4) is 11.5 Å². The van der Waals surface area contributed by atoms with Crippen molar-refractivity contribution in [3.63, 3.8) is 0 Å². The highest BCUT2D eigenvalue weighted by Crippen LogP contribution is 2.18. The molecule has 1 atom stereocenters. The Morgan fingerprint density at radius 2 is 2.44 bits per heavy atom. The molecule has 2 aromatic rings. The van der Waals surface area contributed by atoms with Crippen molar-refractivity contribution in [3.05, 3.63) is 30.4 Å². The van der Waals surface area contributed by atoms with Gasteiger partial charge < -0.3 is 9.84 Å². The molecule has 94 valence electrons. The molecule has 1 N–H and O–H groups in total. The van der Waals surface area contributed by atoms with Gasteiger partial charge in [-0.1, -0.05) is 5.16 Å². The monoisotopic (exact) mass is 244 g/mol. The maximum atomic E-state index is 5.25. The molecule has 5 heteroatoms. The fraction of sp³-hybridized carbons (Fsp3) is 0.462. The van der Waals surface area contributed by atoms with Gasteiger partial charge in [0.15, 0.2) is 5.82 Å². The second kappa shape index (κ2) is 5.27. The Morgan fingerprint density at radius 1 is 1.44 bits per heavy atom. The number of aryl methyl sites for hydroxylation is 1. The fourth-order valence-electron chi connectivity index (χ4n) is 2.26. The Labute approximate surface area is 106 Å². The summed E-state index contributed by atoms with van der Waals surface area (Å²) in [6.45, 7) is 2.26. The average Bonchev–Trinajstić information content (AvgIpc) is 3.09. The number of nitrogens with zero attached hydrogens (tertiary/aromatic N) is 3. The van der Waals surface area contributed by atoms with Crippen LogP contribution in [-0.4, -0.2) is 28.2 Å². The van der Waals surface area contributed by atoms with Crippen molar-refractivity contribution in [2.45, 2.75) is 19.3 Å². The van der Waals surface area contributed by atoms with Crippen molar-refractivity contribution >= 4 is 0 Å². The van der Waals surface area contributed by atoms with Gasteiger partial charge in [0, 0.05) is 18.8 Å². The summed E-state index contributed by atoms with van der Waals surface area (Å²) in [6, 6.07) is 3.79. The number of pyridine rings is 1. The fourth-order valence-corrected chi connectivity index (χ4v) is 2.26. The summed E-state index contributed by atoms with van der Waals surface area (Å²) in [5.41, 5.74) is 0.874. The van der Waals surface area contributed by atoms with E-state index in [0.717, 1.165) is 43.2 Å². The van der Waals surface area contributed by atoms with Crippen LogP contribution in [0, 0.1) is 5.92 Å². The van der Waals surface area contributed by atoms with Gasteiger partial charge in [-0.2, -0.15) is 4.98 Å². The van der Waals surface area contributed by atoms with Crippen LogP contribution in [0.2, 0.25) is 0 Å². The summed E-state index contributed by atoms with van der Waals surface area (Å²) in [7, 11) is 0. The van der Waals surface area contributed by atoms with Crippen LogP contribution >= 0.6 is 0 Å². The van der Waals surface area contributed by atoms with E-state index in [1.807, 2.05) is 12.1 Å². The van der Waals surface area contributed by atoms with E-state index in [2.05, 4.69) is 20.4 Å². The Kier molecular flexibility index (Phi) is 3.32. The topological polar surface area (TPSA) is 63.8 Å². The number of aromatic nitrogens is 3. The zero-order valence-corrected chi connectivity index (χ0v) is 10.2. The van der Waals surface area contributed by atoms with E-state index >= 15 is 0 Å². The van der Waals surface area contributed by atoms with Crippen LogP contribution in [0.4, 0.5) is 0 Å². The van der Waals surface area contributed by atoms with Crippen LogP contribution in [-0.2, 0) is 6.42 Å². The lowest BCUT2D eigenvalue weighted by Crippen LogP contribution is -2.09. The summed E-state index contributed by atoms with van der Waals surface area (Å²) in [4.78, 5) is 8.45. The highest BCUT2D eigenvalue weighted by Gasteiger charge is 2.16. The van der Waals surface area contributed by atoms with E-state index in [-0.39, 0.29) is 0 Å². The van der Waals surface area contributed by atoms with Crippen LogP contribution in [0.3, 0.4) is 0 Å². The molecule has 5 nitrogen and oxygen atoms in total. The van der Waals surface area contributed by atoms with E-state index in [0.29, 0.717) is 5.89 Å². The van der Waals surface area contributed by atoms with Gasteiger partial charge >= 0.3 is 0 Å². The molecule has 1 aliphatic rings. The number of hydrogen-bond acceptors (Lipinski definition) is 5. The van der Waals surface area contributed by atoms with Crippen LogP contribution < -0.4 is 5.32 Å². The molecule has 0 spiro atoms. The van der Waals surface area contributed by atoms with E-state index < -0.39 is 0 Å². The zero-order valence-electron chi connectivity index (χ0n) is 10.2. The minimum atomic E-state index is 0.558.